The number of rotatable bonds is 4. The third kappa shape index (κ3) is 3.15. The minimum Gasteiger partial charge on any atom is -0.374 e. The molecule has 1 aromatic carbocycles. The molecule has 0 aromatic heterocycles. The van der Waals surface area contributed by atoms with Crippen LogP contribution < -0.4 is 4.90 Å². The van der Waals surface area contributed by atoms with Gasteiger partial charge in [0.05, 0.1) is 10.5 Å². The topological polar surface area (TPSA) is 46.4 Å². The molecule has 1 fully saturated rings. The molecule has 0 saturated heterocycles. The van der Waals surface area contributed by atoms with Gasteiger partial charge in [-0.15, -0.1) is 0 Å². The molecular weight excluding hydrogens is 261 g/mol. The van der Waals surface area contributed by atoms with Crippen molar-refractivity contribution in [2.24, 2.45) is 5.92 Å². The van der Waals surface area contributed by atoms with Crippen molar-refractivity contribution < 1.29 is 18.1 Å². The fourth-order valence-electron chi connectivity index (χ4n) is 1.98. The molecule has 0 bridgehead atoms. The molecule has 1 aliphatic carbocycles. The van der Waals surface area contributed by atoms with Gasteiger partial charge in [0.25, 0.3) is 5.69 Å². The highest BCUT2D eigenvalue weighted by molar-refractivity contribution is 5.58. The fraction of sp³-hybridized carbons (Fsp3) is 0.500. The molecule has 1 saturated carbocycles. The quantitative estimate of drug-likeness (QED) is 0.624. The molecule has 19 heavy (non-hydrogen) atoms. The summed E-state index contributed by atoms with van der Waals surface area (Å²) in [5.74, 6) is 0.432. The summed E-state index contributed by atoms with van der Waals surface area (Å²) in [4.78, 5) is 11.3. The van der Waals surface area contributed by atoms with E-state index in [1.54, 1.807) is 7.05 Å². The second kappa shape index (κ2) is 4.71. The maximum atomic E-state index is 13.0. The molecular formula is C12H13F3N2O2. The van der Waals surface area contributed by atoms with Crippen molar-refractivity contribution in [2.75, 3.05) is 18.5 Å². The molecule has 0 spiro atoms. The van der Waals surface area contributed by atoms with E-state index in [2.05, 4.69) is 0 Å². The molecule has 1 aliphatic rings. The van der Waals surface area contributed by atoms with Crippen molar-refractivity contribution in [3.05, 3.63) is 33.9 Å². The Hall–Kier alpha value is -1.79. The fourth-order valence-corrected chi connectivity index (χ4v) is 1.98. The average molecular weight is 274 g/mol. The highest BCUT2D eigenvalue weighted by Gasteiger charge is 2.36. The smallest absolute Gasteiger partial charge is 0.374 e. The van der Waals surface area contributed by atoms with Gasteiger partial charge in [-0.1, -0.05) is 0 Å². The van der Waals surface area contributed by atoms with Gasteiger partial charge in [-0.3, -0.25) is 10.1 Å². The number of nitro benzene ring substituents is 1. The van der Waals surface area contributed by atoms with Crippen LogP contribution in [0, 0.1) is 16.0 Å². The van der Waals surface area contributed by atoms with Crippen molar-refractivity contribution in [1.29, 1.82) is 0 Å². The lowest BCUT2D eigenvalue weighted by Crippen LogP contribution is -2.23. The molecule has 104 valence electrons. The van der Waals surface area contributed by atoms with Crippen LogP contribution in [0.5, 0.6) is 0 Å². The second-order valence-electron chi connectivity index (χ2n) is 4.78. The van der Waals surface area contributed by atoms with Crippen LogP contribution >= 0.6 is 0 Å². The van der Waals surface area contributed by atoms with Crippen LogP contribution in [0.2, 0.25) is 0 Å². The molecule has 2 rings (SSSR count). The zero-order chi connectivity index (χ0) is 14.2. The van der Waals surface area contributed by atoms with E-state index in [4.69, 9.17) is 0 Å². The molecule has 0 unspecified atom stereocenters. The van der Waals surface area contributed by atoms with Crippen LogP contribution in [0.1, 0.15) is 18.4 Å². The number of alkyl halides is 3. The van der Waals surface area contributed by atoms with Gasteiger partial charge in [0.1, 0.15) is 0 Å². The Labute approximate surface area is 108 Å². The van der Waals surface area contributed by atoms with Crippen molar-refractivity contribution in [1.82, 2.24) is 0 Å². The largest absolute Gasteiger partial charge is 0.418 e. The maximum Gasteiger partial charge on any atom is 0.418 e. The Balaban J connectivity index is 2.37. The first-order chi connectivity index (χ1) is 8.79. The third-order valence-corrected chi connectivity index (χ3v) is 3.14. The van der Waals surface area contributed by atoms with Gasteiger partial charge < -0.3 is 4.90 Å². The Morgan fingerprint density at radius 2 is 2.05 bits per heavy atom. The van der Waals surface area contributed by atoms with E-state index in [0.29, 0.717) is 18.5 Å². The number of halogens is 3. The lowest BCUT2D eigenvalue weighted by atomic mass is 10.1. The number of hydrogen-bond acceptors (Lipinski definition) is 3. The molecule has 0 radical (unpaired) electrons. The van der Waals surface area contributed by atoms with Gasteiger partial charge in [-0.25, -0.2) is 0 Å². The molecule has 0 amide bonds. The number of nitrogens with zero attached hydrogens (tertiary/aromatic N) is 2. The summed E-state index contributed by atoms with van der Waals surface area (Å²) in [5, 5.41) is 10.6. The maximum absolute atomic E-state index is 13.0. The predicted octanol–water partition coefficient (Wildman–Crippen LogP) is 3.46. The van der Waals surface area contributed by atoms with E-state index >= 15 is 0 Å². The first-order valence-electron chi connectivity index (χ1n) is 5.86. The van der Waals surface area contributed by atoms with E-state index in [1.165, 1.54) is 11.0 Å². The first-order valence-corrected chi connectivity index (χ1v) is 5.86. The number of anilines is 1. The first kappa shape index (κ1) is 13.6. The van der Waals surface area contributed by atoms with Crippen LogP contribution in [0.15, 0.2) is 18.2 Å². The monoisotopic (exact) mass is 274 g/mol. The normalized spacial score (nSPS) is 15.4. The Kier molecular flexibility index (Phi) is 3.38. The van der Waals surface area contributed by atoms with Crippen LogP contribution in [-0.2, 0) is 6.18 Å². The minimum atomic E-state index is -4.60. The van der Waals surface area contributed by atoms with Crippen molar-refractivity contribution in [3.8, 4) is 0 Å². The summed E-state index contributed by atoms with van der Waals surface area (Å²) in [7, 11) is 1.58. The van der Waals surface area contributed by atoms with Crippen LogP contribution in [0.4, 0.5) is 24.5 Å². The van der Waals surface area contributed by atoms with Gasteiger partial charge in [0.2, 0.25) is 0 Å². The van der Waals surface area contributed by atoms with Gasteiger partial charge in [-0.2, -0.15) is 13.2 Å². The molecule has 4 nitrogen and oxygen atoms in total. The average Bonchev–Trinajstić information content (AvgIpc) is 3.10. The van der Waals surface area contributed by atoms with Crippen molar-refractivity contribution >= 4 is 11.4 Å². The van der Waals surface area contributed by atoms with E-state index in [0.717, 1.165) is 18.9 Å². The van der Waals surface area contributed by atoms with E-state index < -0.39 is 22.4 Å². The summed E-state index contributed by atoms with van der Waals surface area (Å²) in [6.45, 7) is 0.543. The summed E-state index contributed by atoms with van der Waals surface area (Å²) in [5.41, 5.74) is -1.51. The Bertz CT molecular complexity index is 498. The van der Waals surface area contributed by atoms with Crippen LogP contribution in [0.3, 0.4) is 0 Å². The lowest BCUT2D eigenvalue weighted by Gasteiger charge is -2.23. The number of benzene rings is 1. The number of nitro groups is 1. The van der Waals surface area contributed by atoms with Crippen molar-refractivity contribution in [2.45, 2.75) is 19.0 Å². The molecule has 0 atom stereocenters. The molecule has 0 aliphatic heterocycles. The van der Waals surface area contributed by atoms with E-state index in [9.17, 15) is 23.3 Å². The highest BCUT2D eigenvalue weighted by atomic mass is 19.4. The second-order valence-corrected chi connectivity index (χ2v) is 4.78. The number of hydrogen-bond donors (Lipinski definition) is 0. The highest BCUT2D eigenvalue weighted by Crippen LogP contribution is 2.39. The summed E-state index contributed by atoms with van der Waals surface area (Å²) in [6.07, 6.45) is -2.55. The summed E-state index contributed by atoms with van der Waals surface area (Å²) < 4.78 is 38.9. The van der Waals surface area contributed by atoms with Gasteiger partial charge >= 0.3 is 6.18 Å². The lowest BCUT2D eigenvalue weighted by molar-refractivity contribution is -0.385. The summed E-state index contributed by atoms with van der Waals surface area (Å²) >= 11 is 0. The van der Waals surface area contributed by atoms with E-state index in [1.807, 2.05) is 0 Å². The molecule has 7 heteroatoms. The molecule has 0 heterocycles. The van der Waals surface area contributed by atoms with E-state index in [-0.39, 0.29) is 5.69 Å². The Morgan fingerprint density at radius 3 is 2.53 bits per heavy atom. The van der Waals surface area contributed by atoms with Gasteiger partial charge in [0, 0.05) is 31.4 Å². The number of non-ortho nitro benzene ring substituents is 1. The Morgan fingerprint density at radius 1 is 1.42 bits per heavy atom. The van der Waals surface area contributed by atoms with Gasteiger partial charge in [-0.05, 0) is 24.8 Å². The van der Waals surface area contributed by atoms with Gasteiger partial charge in [0.15, 0.2) is 0 Å². The SMILES string of the molecule is CN(CC1CC1)c1ccc([N+](=O)[O-])cc1C(F)(F)F. The summed E-state index contributed by atoms with van der Waals surface area (Å²) in [6, 6.07) is 2.87. The van der Waals surface area contributed by atoms with Crippen molar-refractivity contribution in [3.63, 3.8) is 0 Å². The minimum absolute atomic E-state index is 0.00926. The zero-order valence-electron chi connectivity index (χ0n) is 10.3. The zero-order valence-corrected chi connectivity index (χ0v) is 10.3. The van der Waals surface area contributed by atoms with Crippen LogP contribution in [0.25, 0.3) is 0 Å². The molecule has 0 N–H and O–H groups in total. The van der Waals surface area contributed by atoms with Crippen LogP contribution in [-0.4, -0.2) is 18.5 Å². The standard InChI is InChI=1S/C12H13F3N2O2/c1-16(7-8-2-3-8)11-5-4-9(17(18)19)6-10(11)12(13,14)15/h4-6,8H,2-3,7H2,1H3. The third-order valence-electron chi connectivity index (χ3n) is 3.14. The predicted molar refractivity (Wildman–Crippen MR) is 64.1 cm³/mol. The molecule has 1 aromatic rings.